The maximum atomic E-state index is 11.0. The van der Waals surface area contributed by atoms with Gasteiger partial charge in [0.25, 0.3) is 0 Å². The molecule has 0 amide bonds. The van der Waals surface area contributed by atoms with Crippen molar-refractivity contribution in [1.82, 2.24) is 9.97 Å². The number of carbonyl (C=O) groups is 1. The average Bonchev–Trinajstić information content (AvgIpc) is 2.26. The number of nitrogens with zero attached hydrogens (tertiary/aromatic N) is 2. The normalized spacial score (nSPS) is 27.0. The monoisotopic (exact) mass is 264 g/mol. The molecule has 2 unspecified atom stereocenters. The Kier molecular flexibility index (Phi) is 4.02. The van der Waals surface area contributed by atoms with E-state index in [1.165, 1.54) is 12.5 Å². The van der Waals surface area contributed by atoms with E-state index in [9.17, 15) is 4.79 Å². The molecule has 19 heavy (non-hydrogen) atoms. The van der Waals surface area contributed by atoms with Crippen LogP contribution in [0.3, 0.4) is 0 Å². The molecule has 5 heteroatoms. The molecule has 104 valence electrons. The van der Waals surface area contributed by atoms with Crippen molar-refractivity contribution in [3.05, 3.63) is 17.5 Å². The lowest BCUT2D eigenvalue weighted by atomic mass is 9.82. The zero-order valence-electron chi connectivity index (χ0n) is 11.6. The van der Waals surface area contributed by atoms with Crippen LogP contribution in [0, 0.1) is 18.8 Å². The maximum Gasteiger partial charge on any atom is 0.354 e. The number of rotatable bonds is 3. The average molecular weight is 264 g/mol. The Bertz CT molecular complexity index is 466. The molecule has 1 aliphatic rings. The van der Waals surface area contributed by atoms with Crippen molar-refractivity contribution >= 4 is 5.97 Å². The maximum absolute atomic E-state index is 11.0. The van der Waals surface area contributed by atoms with E-state index in [4.69, 9.17) is 9.84 Å². The van der Waals surface area contributed by atoms with Crippen molar-refractivity contribution in [2.75, 3.05) is 0 Å². The first-order chi connectivity index (χ1) is 8.94. The molecule has 0 aliphatic heterocycles. The van der Waals surface area contributed by atoms with Gasteiger partial charge in [-0.2, -0.15) is 4.98 Å². The topological polar surface area (TPSA) is 72.3 Å². The fraction of sp³-hybridized carbons (Fsp3) is 0.643. The van der Waals surface area contributed by atoms with Crippen LogP contribution in [-0.2, 0) is 0 Å². The van der Waals surface area contributed by atoms with Gasteiger partial charge < -0.3 is 9.84 Å². The van der Waals surface area contributed by atoms with E-state index in [1.807, 2.05) is 0 Å². The summed E-state index contributed by atoms with van der Waals surface area (Å²) in [5.41, 5.74) is 0.596. The summed E-state index contributed by atoms with van der Waals surface area (Å²) < 4.78 is 5.78. The number of carboxylic acids is 1. The van der Waals surface area contributed by atoms with Gasteiger partial charge in [0.05, 0.1) is 0 Å². The second-order valence-corrected chi connectivity index (χ2v) is 5.64. The van der Waals surface area contributed by atoms with Crippen LogP contribution in [0.1, 0.15) is 49.3 Å². The molecular weight excluding hydrogens is 244 g/mol. The summed E-state index contributed by atoms with van der Waals surface area (Å²) in [6.45, 7) is 6.17. The Morgan fingerprint density at radius 3 is 2.47 bits per heavy atom. The molecule has 1 aliphatic carbocycles. The minimum Gasteiger partial charge on any atom is -0.477 e. The summed E-state index contributed by atoms with van der Waals surface area (Å²) in [6, 6.07) is 1.63. The molecule has 1 N–H and O–H groups in total. The van der Waals surface area contributed by atoms with Crippen LogP contribution in [0.2, 0.25) is 0 Å². The first kappa shape index (κ1) is 13.8. The lowest BCUT2D eigenvalue weighted by molar-refractivity contribution is 0.0679. The molecule has 5 nitrogen and oxygen atoms in total. The first-order valence-electron chi connectivity index (χ1n) is 6.69. The highest BCUT2D eigenvalue weighted by Gasteiger charge is 2.26. The van der Waals surface area contributed by atoms with Crippen LogP contribution >= 0.6 is 0 Å². The Morgan fingerprint density at radius 1 is 1.26 bits per heavy atom. The zero-order chi connectivity index (χ0) is 14.0. The predicted octanol–water partition coefficient (Wildman–Crippen LogP) is 2.69. The van der Waals surface area contributed by atoms with Gasteiger partial charge in [-0.15, -0.1) is 0 Å². The Labute approximate surface area is 113 Å². The summed E-state index contributed by atoms with van der Waals surface area (Å²) in [4.78, 5) is 19.1. The van der Waals surface area contributed by atoms with Gasteiger partial charge in [0.2, 0.25) is 0 Å². The summed E-state index contributed by atoms with van der Waals surface area (Å²) >= 11 is 0. The fourth-order valence-electron chi connectivity index (χ4n) is 2.82. The molecule has 0 aromatic carbocycles. The molecule has 0 bridgehead atoms. The second kappa shape index (κ2) is 5.55. The smallest absolute Gasteiger partial charge is 0.354 e. The predicted molar refractivity (Wildman–Crippen MR) is 70.3 cm³/mol. The highest BCUT2D eigenvalue weighted by Crippen LogP contribution is 2.30. The Morgan fingerprint density at radius 2 is 1.89 bits per heavy atom. The van der Waals surface area contributed by atoms with Crippen molar-refractivity contribution < 1.29 is 14.6 Å². The molecule has 2 rings (SSSR count). The third-order valence-electron chi connectivity index (χ3n) is 3.46. The summed E-state index contributed by atoms with van der Waals surface area (Å²) in [5.74, 6) is 0.190. The Hall–Kier alpha value is -1.65. The summed E-state index contributed by atoms with van der Waals surface area (Å²) in [6.07, 6.45) is 3.26. The fourth-order valence-corrected chi connectivity index (χ4v) is 2.82. The zero-order valence-corrected chi connectivity index (χ0v) is 11.6. The van der Waals surface area contributed by atoms with Crippen LogP contribution in [0.5, 0.6) is 6.01 Å². The van der Waals surface area contributed by atoms with Crippen molar-refractivity contribution in [1.29, 1.82) is 0 Å². The lowest BCUT2D eigenvalue weighted by Crippen LogP contribution is -2.29. The van der Waals surface area contributed by atoms with Gasteiger partial charge in [0, 0.05) is 5.69 Å². The standard InChI is InChI=1S/C14H20N2O3/c1-8-4-9(2)6-11(5-8)19-14-15-10(3)7-12(16-14)13(17)18/h7-9,11H,4-6H2,1-3H3,(H,17,18). The minimum atomic E-state index is -1.05. The Balaban J connectivity index is 2.12. The SMILES string of the molecule is Cc1cc(C(=O)O)nc(OC2CC(C)CC(C)C2)n1. The molecule has 1 aromatic rings. The first-order valence-corrected chi connectivity index (χ1v) is 6.69. The molecule has 1 fully saturated rings. The van der Waals surface area contributed by atoms with Crippen molar-refractivity contribution in [3.63, 3.8) is 0 Å². The van der Waals surface area contributed by atoms with Crippen LogP contribution in [0.25, 0.3) is 0 Å². The largest absolute Gasteiger partial charge is 0.477 e. The van der Waals surface area contributed by atoms with E-state index in [0.717, 1.165) is 12.8 Å². The van der Waals surface area contributed by atoms with Crippen molar-refractivity contribution in [2.45, 2.75) is 46.1 Å². The van der Waals surface area contributed by atoms with Gasteiger partial charge in [-0.3, -0.25) is 0 Å². The van der Waals surface area contributed by atoms with E-state index >= 15 is 0 Å². The van der Waals surface area contributed by atoms with Gasteiger partial charge in [0.1, 0.15) is 6.10 Å². The third-order valence-corrected chi connectivity index (χ3v) is 3.46. The second-order valence-electron chi connectivity index (χ2n) is 5.64. The highest BCUT2D eigenvalue weighted by molar-refractivity contribution is 5.85. The van der Waals surface area contributed by atoms with Crippen LogP contribution in [0.15, 0.2) is 6.07 Å². The van der Waals surface area contributed by atoms with E-state index in [-0.39, 0.29) is 17.8 Å². The van der Waals surface area contributed by atoms with Crippen LogP contribution < -0.4 is 4.74 Å². The van der Waals surface area contributed by atoms with E-state index in [0.29, 0.717) is 17.5 Å². The van der Waals surface area contributed by atoms with E-state index < -0.39 is 5.97 Å². The molecule has 1 heterocycles. The van der Waals surface area contributed by atoms with Gasteiger partial charge in [-0.25, -0.2) is 9.78 Å². The number of ether oxygens (including phenoxy) is 1. The number of hydrogen-bond donors (Lipinski definition) is 1. The van der Waals surface area contributed by atoms with Crippen molar-refractivity contribution in [3.8, 4) is 6.01 Å². The quantitative estimate of drug-likeness (QED) is 0.908. The number of aromatic nitrogens is 2. The molecule has 1 aromatic heterocycles. The van der Waals surface area contributed by atoms with Crippen LogP contribution in [-0.4, -0.2) is 27.1 Å². The van der Waals surface area contributed by atoms with Gasteiger partial charge in [-0.05, 0) is 44.1 Å². The van der Waals surface area contributed by atoms with Gasteiger partial charge in [-0.1, -0.05) is 13.8 Å². The van der Waals surface area contributed by atoms with Gasteiger partial charge in [0.15, 0.2) is 5.69 Å². The van der Waals surface area contributed by atoms with Crippen molar-refractivity contribution in [2.24, 2.45) is 11.8 Å². The lowest BCUT2D eigenvalue weighted by Gasteiger charge is -2.31. The number of aryl methyl sites for hydroxylation is 1. The third kappa shape index (κ3) is 3.66. The number of aromatic carboxylic acids is 1. The summed E-state index contributed by atoms with van der Waals surface area (Å²) in [5, 5.41) is 8.98. The molecule has 0 spiro atoms. The minimum absolute atomic E-state index is 0.0144. The van der Waals surface area contributed by atoms with E-state index in [1.54, 1.807) is 6.92 Å². The molecule has 0 saturated heterocycles. The summed E-state index contributed by atoms with van der Waals surface area (Å²) in [7, 11) is 0. The number of carboxylic acid groups (broad SMARTS) is 1. The van der Waals surface area contributed by atoms with Gasteiger partial charge >= 0.3 is 12.0 Å². The highest BCUT2D eigenvalue weighted by atomic mass is 16.5. The molecule has 0 radical (unpaired) electrons. The van der Waals surface area contributed by atoms with E-state index in [2.05, 4.69) is 23.8 Å². The number of hydrogen-bond acceptors (Lipinski definition) is 4. The molecule has 1 saturated carbocycles. The molecule has 2 atom stereocenters. The van der Waals surface area contributed by atoms with Crippen LogP contribution in [0.4, 0.5) is 0 Å². The molecular formula is C14H20N2O3.